The molecule has 52 valence electrons. The van der Waals surface area contributed by atoms with Gasteiger partial charge >= 0.3 is 0 Å². The quantitative estimate of drug-likeness (QED) is 0.393. The van der Waals surface area contributed by atoms with E-state index in [0.29, 0.717) is 0 Å². The highest BCUT2D eigenvalue weighted by atomic mass is 16.1. The lowest BCUT2D eigenvalue weighted by Gasteiger charge is -1.94. The van der Waals surface area contributed by atoms with Gasteiger partial charge in [0.15, 0.2) is 0 Å². The minimum absolute atomic E-state index is 0.0556. The monoisotopic (exact) mass is 128 g/mol. The first-order valence-corrected chi connectivity index (χ1v) is 3.06. The van der Waals surface area contributed by atoms with Gasteiger partial charge in [0.1, 0.15) is 26.1 Å². The second-order valence-corrected chi connectivity index (χ2v) is 2.51. The van der Waals surface area contributed by atoms with Crippen LogP contribution in [0.3, 0.4) is 0 Å². The van der Waals surface area contributed by atoms with Crippen LogP contribution in [0.25, 0.3) is 0 Å². The summed E-state index contributed by atoms with van der Waals surface area (Å²) < 4.78 is 1.89. The molecule has 0 fully saturated rings. The summed E-state index contributed by atoms with van der Waals surface area (Å²) in [5.41, 5.74) is 0. The Morgan fingerprint density at radius 3 is 2.11 bits per heavy atom. The molecule has 0 saturated heterocycles. The summed E-state index contributed by atoms with van der Waals surface area (Å²) in [4.78, 5) is 10.6. The van der Waals surface area contributed by atoms with E-state index in [4.69, 9.17) is 0 Å². The summed E-state index contributed by atoms with van der Waals surface area (Å²) in [6.45, 7) is 3.49. The lowest BCUT2D eigenvalue weighted by molar-refractivity contribution is -0.461. The highest BCUT2D eigenvalue weighted by Crippen LogP contribution is 1.89. The van der Waals surface area contributed by atoms with Gasteiger partial charge in [0, 0.05) is 0 Å². The van der Waals surface area contributed by atoms with Crippen molar-refractivity contribution < 1.29 is 9.37 Å². The van der Waals surface area contributed by atoms with Gasteiger partial charge in [-0.15, -0.1) is 0 Å². The molecule has 0 radical (unpaired) electrons. The predicted octanol–water partition coefficient (Wildman–Crippen LogP) is 0.554. The summed E-state index contributed by atoms with van der Waals surface area (Å²) in [5, 5.41) is 0. The Bertz CT molecular complexity index is 134. The summed E-state index contributed by atoms with van der Waals surface area (Å²) in [5.74, 6) is 0.267. The maximum absolute atomic E-state index is 10.6. The van der Waals surface area contributed by atoms with Crippen LogP contribution in [-0.4, -0.2) is 30.7 Å². The van der Waals surface area contributed by atoms with Crippen molar-refractivity contribution in [2.75, 3.05) is 14.1 Å². The number of carbonyl (C=O) groups is 1. The zero-order chi connectivity index (χ0) is 7.44. The van der Waals surface area contributed by atoms with Crippen LogP contribution in [0.4, 0.5) is 0 Å². The molecule has 0 amide bonds. The Balaban J connectivity index is 3.91. The van der Waals surface area contributed by atoms with Gasteiger partial charge < -0.3 is 0 Å². The van der Waals surface area contributed by atoms with E-state index in [9.17, 15) is 4.79 Å². The third-order valence-corrected chi connectivity index (χ3v) is 1.16. The number of carbonyl (C=O) groups excluding carboxylic acids is 1. The zero-order valence-electron chi connectivity index (χ0n) is 6.51. The fourth-order valence-corrected chi connectivity index (χ4v) is 0.552. The number of nitrogens with zero attached hydrogens (tertiary/aromatic N) is 1. The Hall–Kier alpha value is -0.660. The fraction of sp³-hybridized carbons (Fsp3) is 0.714. The maximum Gasteiger partial charge on any atom is 0.149 e. The largest absolute Gasteiger partial charge is 0.299 e. The van der Waals surface area contributed by atoms with Gasteiger partial charge in [0.2, 0.25) is 0 Å². The van der Waals surface area contributed by atoms with Crippen LogP contribution >= 0.6 is 0 Å². The molecule has 0 aromatic rings. The highest BCUT2D eigenvalue weighted by Gasteiger charge is 2.06. The molecule has 1 atom stereocenters. The van der Waals surface area contributed by atoms with E-state index in [-0.39, 0.29) is 11.7 Å². The van der Waals surface area contributed by atoms with Crippen molar-refractivity contribution in [1.29, 1.82) is 0 Å². The van der Waals surface area contributed by atoms with Gasteiger partial charge in [0.05, 0.1) is 5.92 Å². The van der Waals surface area contributed by atoms with Gasteiger partial charge in [-0.1, -0.05) is 0 Å². The standard InChI is InChI=1S/C7H14NO/c1-6(7(2)9)5-8(3)4/h5-6H,1-4H3/q+1. The molecular weight excluding hydrogens is 114 g/mol. The van der Waals surface area contributed by atoms with Gasteiger partial charge in [-0.2, -0.15) is 0 Å². The van der Waals surface area contributed by atoms with E-state index in [1.165, 1.54) is 0 Å². The fourth-order valence-electron chi connectivity index (χ4n) is 0.552. The molecule has 0 heterocycles. The predicted molar refractivity (Wildman–Crippen MR) is 38.0 cm³/mol. The molecular formula is C7H14NO+. The summed E-state index contributed by atoms with van der Waals surface area (Å²) in [6.07, 6.45) is 1.89. The van der Waals surface area contributed by atoms with Crippen LogP contribution in [0.2, 0.25) is 0 Å². The van der Waals surface area contributed by atoms with Crippen molar-refractivity contribution in [2.45, 2.75) is 13.8 Å². The van der Waals surface area contributed by atoms with Crippen molar-refractivity contribution in [3.63, 3.8) is 0 Å². The molecule has 0 rings (SSSR count). The van der Waals surface area contributed by atoms with E-state index in [0.717, 1.165) is 0 Å². The van der Waals surface area contributed by atoms with Crippen LogP contribution in [0, 0.1) is 5.92 Å². The number of ketones is 1. The Kier molecular flexibility index (Phi) is 3.13. The van der Waals surface area contributed by atoms with Crippen LogP contribution < -0.4 is 0 Å². The molecule has 0 bridgehead atoms. The van der Waals surface area contributed by atoms with Crippen LogP contribution in [0.1, 0.15) is 13.8 Å². The van der Waals surface area contributed by atoms with E-state index in [1.807, 2.05) is 31.8 Å². The number of Topliss-reactive ketones (excluding diaryl/α,β-unsaturated/α-hetero) is 1. The molecule has 1 unspecified atom stereocenters. The third-order valence-electron chi connectivity index (χ3n) is 1.16. The summed E-state index contributed by atoms with van der Waals surface area (Å²) in [6, 6.07) is 0. The Labute approximate surface area is 56.2 Å². The second kappa shape index (κ2) is 3.38. The second-order valence-electron chi connectivity index (χ2n) is 2.51. The molecule has 0 aliphatic carbocycles. The minimum Gasteiger partial charge on any atom is -0.299 e. The van der Waals surface area contributed by atoms with Crippen LogP contribution in [-0.2, 0) is 4.79 Å². The van der Waals surface area contributed by atoms with Gasteiger partial charge in [-0.05, 0) is 13.8 Å². The van der Waals surface area contributed by atoms with Gasteiger partial charge in [-0.25, -0.2) is 4.58 Å². The molecule has 0 N–H and O–H groups in total. The van der Waals surface area contributed by atoms with Crippen molar-refractivity contribution in [3.8, 4) is 0 Å². The first-order chi connectivity index (χ1) is 4.04. The minimum atomic E-state index is 0.0556. The van der Waals surface area contributed by atoms with Crippen molar-refractivity contribution in [1.82, 2.24) is 0 Å². The Morgan fingerprint density at radius 2 is 2.00 bits per heavy atom. The molecule has 0 aliphatic heterocycles. The number of hydrogen-bond acceptors (Lipinski definition) is 1. The lowest BCUT2D eigenvalue weighted by atomic mass is 10.1. The number of rotatable bonds is 2. The molecule has 0 aliphatic rings. The van der Waals surface area contributed by atoms with E-state index < -0.39 is 0 Å². The van der Waals surface area contributed by atoms with Gasteiger partial charge in [-0.3, -0.25) is 4.79 Å². The van der Waals surface area contributed by atoms with Crippen LogP contribution in [0.5, 0.6) is 0 Å². The highest BCUT2D eigenvalue weighted by molar-refractivity contribution is 5.91. The lowest BCUT2D eigenvalue weighted by Crippen LogP contribution is -2.13. The molecule has 0 saturated carbocycles. The van der Waals surface area contributed by atoms with Crippen LogP contribution in [0.15, 0.2) is 0 Å². The smallest absolute Gasteiger partial charge is 0.149 e. The summed E-state index contributed by atoms with van der Waals surface area (Å²) >= 11 is 0. The van der Waals surface area contributed by atoms with E-state index >= 15 is 0 Å². The maximum atomic E-state index is 10.6. The first kappa shape index (κ1) is 8.34. The zero-order valence-corrected chi connectivity index (χ0v) is 6.51. The average Bonchev–Trinajstić information content (AvgIpc) is 1.63. The third kappa shape index (κ3) is 3.88. The molecule has 2 heteroatoms. The topological polar surface area (TPSA) is 20.1 Å². The number of hydrogen-bond donors (Lipinski definition) is 0. The van der Waals surface area contributed by atoms with E-state index in [2.05, 4.69) is 0 Å². The molecule has 9 heavy (non-hydrogen) atoms. The molecule has 2 nitrogen and oxygen atoms in total. The normalized spacial score (nSPS) is 12.4. The SMILES string of the molecule is CC(=O)C(C)C=[N+](C)C. The van der Waals surface area contributed by atoms with Crippen molar-refractivity contribution in [3.05, 3.63) is 0 Å². The van der Waals surface area contributed by atoms with Crippen molar-refractivity contribution >= 4 is 12.0 Å². The van der Waals surface area contributed by atoms with E-state index in [1.54, 1.807) is 6.92 Å². The van der Waals surface area contributed by atoms with Crippen molar-refractivity contribution in [2.24, 2.45) is 5.92 Å². The molecule has 0 aromatic heterocycles. The average molecular weight is 128 g/mol. The van der Waals surface area contributed by atoms with Gasteiger partial charge in [0.25, 0.3) is 0 Å². The Morgan fingerprint density at radius 1 is 1.56 bits per heavy atom. The summed E-state index contributed by atoms with van der Waals surface area (Å²) in [7, 11) is 3.83. The first-order valence-electron chi connectivity index (χ1n) is 3.06. The molecule has 0 spiro atoms. The molecule has 0 aromatic carbocycles.